The van der Waals surface area contributed by atoms with Gasteiger partial charge in [-0.1, -0.05) is 27.6 Å². The summed E-state index contributed by atoms with van der Waals surface area (Å²) in [5.41, 5.74) is 1.22. The Kier molecular flexibility index (Phi) is 2.74. The third kappa shape index (κ3) is 1.68. The smallest absolute Gasteiger partial charge is 0.151 e. The zero-order chi connectivity index (χ0) is 9.42. The molecule has 2 rings (SSSR count). The maximum Gasteiger partial charge on any atom is 0.151 e. The number of halogens is 2. The Morgan fingerprint density at radius 3 is 2.69 bits per heavy atom. The molecule has 3 nitrogen and oxygen atoms in total. The van der Waals surface area contributed by atoms with E-state index in [0.717, 1.165) is 4.60 Å². The van der Waals surface area contributed by atoms with Gasteiger partial charge >= 0.3 is 0 Å². The highest BCUT2D eigenvalue weighted by Crippen LogP contribution is 2.40. The lowest BCUT2D eigenvalue weighted by atomic mass is 10.1. The largest absolute Gasteiger partial charge is 0.251 e. The molecule has 1 heterocycles. The number of aryl methyl sites for hydroxylation is 1. The Hall–Kier alpha value is 0.1000. The van der Waals surface area contributed by atoms with Crippen LogP contribution in [0.3, 0.4) is 0 Å². The number of aromatic nitrogens is 3. The lowest BCUT2D eigenvalue weighted by Gasteiger charge is -2.13. The van der Waals surface area contributed by atoms with Gasteiger partial charge in [-0.2, -0.15) is 0 Å². The molecule has 0 bridgehead atoms. The Bertz CT molecular complexity index is 291. The van der Waals surface area contributed by atoms with Gasteiger partial charge in [-0.15, -0.1) is 5.10 Å². The summed E-state index contributed by atoms with van der Waals surface area (Å²) >= 11 is 7.14. The molecule has 1 aliphatic carbocycles. The molecular weight excluding hydrogens is 298 g/mol. The van der Waals surface area contributed by atoms with E-state index in [0.29, 0.717) is 10.7 Å². The quantitative estimate of drug-likeness (QED) is 0.747. The number of alkyl halides is 1. The molecule has 0 aromatic carbocycles. The van der Waals surface area contributed by atoms with E-state index < -0.39 is 0 Å². The maximum absolute atomic E-state index is 4.00. The van der Waals surface area contributed by atoms with Crippen LogP contribution in [0.15, 0.2) is 4.60 Å². The number of hydrogen-bond acceptors (Lipinski definition) is 2. The molecule has 1 aliphatic rings. The van der Waals surface area contributed by atoms with E-state index in [2.05, 4.69) is 42.2 Å². The van der Waals surface area contributed by atoms with E-state index in [9.17, 15) is 0 Å². The van der Waals surface area contributed by atoms with Crippen molar-refractivity contribution in [3.05, 3.63) is 10.3 Å². The van der Waals surface area contributed by atoms with Crippen LogP contribution < -0.4 is 0 Å². The van der Waals surface area contributed by atoms with Crippen LogP contribution in [0.2, 0.25) is 0 Å². The molecule has 5 heteroatoms. The summed E-state index contributed by atoms with van der Waals surface area (Å²) in [7, 11) is 1.95. The minimum Gasteiger partial charge on any atom is -0.251 e. The van der Waals surface area contributed by atoms with Crippen LogP contribution in [0.25, 0.3) is 0 Å². The van der Waals surface area contributed by atoms with Crippen LogP contribution in [0, 0.1) is 0 Å². The van der Waals surface area contributed by atoms with Crippen molar-refractivity contribution in [1.82, 2.24) is 15.0 Å². The molecule has 0 radical (unpaired) electrons. The van der Waals surface area contributed by atoms with Gasteiger partial charge in [-0.25, -0.2) is 0 Å². The summed E-state index contributed by atoms with van der Waals surface area (Å²) in [6, 6.07) is 0. The second-order valence-corrected chi connectivity index (χ2v) is 5.37. The van der Waals surface area contributed by atoms with Crippen molar-refractivity contribution in [3.63, 3.8) is 0 Å². The second-order valence-electron chi connectivity index (χ2n) is 3.44. The summed E-state index contributed by atoms with van der Waals surface area (Å²) in [6.45, 7) is 0. The molecule has 13 heavy (non-hydrogen) atoms. The SMILES string of the molecule is Cn1nnc(Br)c1C1CCCC1Br. The van der Waals surface area contributed by atoms with Crippen LogP contribution in [0.1, 0.15) is 30.9 Å². The third-order valence-electron chi connectivity index (χ3n) is 2.61. The molecule has 1 aromatic rings. The predicted octanol–water partition coefficient (Wildman–Crippen LogP) is 2.61. The van der Waals surface area contributed by atoms with E-state index >= 15 is 0 Å². The van der Waals surface area contributed by atoms with Crippen LogP contribution in [-0.4, -0.2) is 19.8 Å². The van der Waals surface area contributed by atoms with Gasteiger partial charge in [0.1, 0.15) is 0 Å². The summed E-state index contributed by atoms with van der Waals surface area (Å²) in [6.07, 6.45) is 3.77. The van der Waals surface area contributed by atoms with Gasteiger partial charge in [0.2, 0.25) is 0 Å². The molecular formula is C8H11Br2N3. The van der Waals surface area contributed by atoms with Gasteiger partial charge in [-0.3, -0.25) is 4.68 Å². The summed E-state index contributed by atoms with van der Waals surface area (Å²) in [4.78, 5) is 0.584. The van der Waals surface area contributed by atoms with E-state index in [1.54, 1.807) is 0 Å². The van der Waals surface area contributed by atoms with Crippen molar-refractivity contribution in [2.45, 2.75) is 30.0 Å². The monoisotopic (exact) mass is 307 g/mol. The van der Waals surface area contributed by atoms with Gasteiger partial charge in [0.05, 0.1) is 5.69 Å². The fourth-order valence-electron chi connectivity index (χ4n) is 1.96. The summed E-state index contributed by atoms with van der Waals surface area (Å²) in [5, 5.41) is 8.00. The van der Waals surface area contributed by atoms with Crippen LogP contribution in [0.4, 0.5) is 0 Å². The van der Waals surface area contributed by atoms with Gasteiger partial charge in [0.25, 0.3) is 0 Å². The van der Waals surface area contributed by atoms with Crippen molar-refractivity contribution >= 4 is 31.9 Å². The first-order valence-electron chi connectivity index (χ1n) is 4.39. The van der Waals surface area contributed by atoms with Gasteiger partial charge in [0.15, 0.2) is 4.60 Å². The Balaban J connectivity index is 2.33. The Labute approximate surface area is 94.1 Å². The van der Waals surface area contributed by atoms with E-state index in [4.69, 9.17) is 0 Å². The molecule has 1 aromatic heterocycles. The highest BCUT2D eigenvalue weighted by molar-refractivity contribution is 9.10. The Morgan fingerprint density at radius 2 is 2.23 bits per heavy atom. The molecule has 0 spiro atoms. The molecule has 72 valence electrons. The zero-order valence-electron chi connectivity index (χ0n) is 7.37. The average molecular weight is 309 g/mol. The van der Waals surface area contributed by atoms with Crippen LogP contribution >= 0.6 is 31.9 Å². The minimum atomic E-state index is 0.564. The first kappa shape index (κ1) is 9.65. The molecule has 1 saturated carbocycles. The molecule has 0 saturated heterocycles. The lowest BCUT2D eigenvalue weighted by molar-refractivity contribution is 0.614. The van der Waals surface area contributed by atoms with Crippen molar-refractivity contribution < 1.29 is 0 Å². The standard InChI is InChI=1S/C8H11Br2N3/c1-13-7(8(10)11-12-13)5-3-2-4-6(5)9/h5-6H,2-4H2,1H3. The number of nitrogens with zero attached hydrogens (tertiary/aromatic N) is 3. The second kappa shape index (κ2) is 3.69. The van der Waals surface area contributed by atoms with Crippen molar-refractivity contribution in [2.75, 3.05) is 0 Å². The molecule has 1 fully saturated rings. The lowest BCUT2D eigenvalue weighted by Crippen LogP contribution is -2.10. The third-order valence-corrected chi connectivity index (χ3v) is 4.27. The number of hydrogen-bond donors (Lipinski definition) is 0. The summed E-state index contributed by atoms with van der Waals surface area (Å²) < 4.78 is 2.76. The van der Waals surface area contributed by atoms with Gasteiger partial charge < -0.3 is 0 Å². The Morgan fingerprint density at radius 1 is 1.46 bits per heavy atom. The van der Waals surface area contributed by atoms with E-state index in [-0.39, 0.29) is 0 Å². The first-order valence-corrected chi connectivity index (χ1v) is 6.10. The van der Waals surface area contributed by atoms with Crippen LogP contribution in [-0.2, 0) is 7.05 Å². The number of rotatable bonds is 1. The topological polar surface area (TPSA) is 30.7 Å². The first-order chi connectivity index (χ1) is 6.20. The van der Waals surface area contributed by atoms with Gasteiger partial charge in [-0.05, 0) is 28.8 Å². The predicted molar refractivity (Wildman–Crippen MR) is 58.0 cm³/mol. The van der Waals surface area contributed by atoms with E-state index in [1.807, 2.05) is 11.7 Å². The molecule has 2 unspecified atom stereocenters. The fraction of sp³-hybridized carbons (Fsp3) is 0.750. The highest BCUT2D eigenvalue weighted by Gasteiger charge is 2.30. The maximum atomic E-state index is 4.00. The zero-order valence-corrected chi connectivity index (χ0v) is 10.5. The average Bonchev–Trinajstić information content (AvgIpc) is 2.60. The van der Waals surface area contributed by atoms with E-state index in [1.165, 1.54) is 25.0 Å². The normalized spacial score (nSPS) is 28.2. The van der Waals surface area contributed by atoms with Crippen LogP contribution in [0.5, 0.6) is 0 Å². The molecule has 0 amide bonds. The fourth-order valence-corrected chi connectivity index (χ4v) is 3.42. The molecule has 0 aliphatic heterocycles. The van der Waals surface area contributed by atoms with Crippen molar-refractivity contribution in [2.24, 2.45) is 7.05 Å². The van der Waals surface area contributed by atoms with Gasteiger partial charge in [0, 0.05) is 17.8 Å². The molecule has 2 atom stereocenters. The summed E-state index contributed by atoms with van der Waals surface area (Å²) in [5.74, 6) is 0.564. The van der Waals surface area contributed by atoms with Crippen molar-refractivity contribution in [1.29, 1.82) is 0 Å². The molecule has 0 N–H and O–H groups in total. The minimum absolute atomic E-state index is 0.564. The van der Waals surface area contributed by atoms with Crippen molar-refractivity contribution in [3.8, 4) is 0 Å². The highest BCUT2D eigenvalue weighted by atomic mass is 79.9.